The summed E-state index contributed by atoms with van der Waals surface area (Å²) in [6, 6.07) is 4.83. The fourth-order valence-corrected chi connectivity index (χ4v) is 2.70. The molecule has 4 heteroatoms. The van der Waals surface area contributed by atoms with E-state index in [1.807, 2.05) is 6.92 Å². The Bertz CT molecular complexity index is 511. The van der Waals surface area contributed by atoms with Gasteiger partial charge < -0.3 is 9.47 Å². The van der Waals surface area contributed by atoms with E-state index in [2.05, 4.69) is 6.92 Å². The second-order valence-electron chi connectivity index (χ2n) is 6.31. The maximum absolute atomic E-state index is 12.0. The molecule has 0 aliphatic rings. The van der Waals surface area contributed by atoms with Crippen LogP contribution >= 0.6 is 0 Å². The third-order valence-electron chi connectivity index (χ3n) is 4.11. The van der Waals surface area contributed by atoms with Gasteiger partial charge in [0.15, 0.2) is 11.5 Å². The van der Waals surface area contributed by atoms with Crippen LogP contribution in [0.2, 0.25) is 0 Å². The van der Waals surface area contributed by atoms with Gasteiger partial charge in [-0.2, -0.15) is 0 Å². The first-order valence-corrected chi connectivity index (χ1v) is 9.64. The number of unbranched alkanes of at least 4 members (excludes halogenated alkanes) is 8. The normalized spacial score (nSPS) is 10.5. The summed E-state index contributed by atoms with van der Waals surface area (Å²) in [7, 11) is 0. The number of carbonyl (C=O) groups excluding carboxylic acids is 2. The van der Waals surface area contributed by atoms with Gasteiger partial charge in [0, 0.05) is 12.0 Å². The number of hydrogen-bond acceptors (Lipinski definition) is 4. The summed E-state index contributed by atoms with van der Waals surface area (Å²) in [4.78, 5) is 22.8. The molecule has 1 aromatic rings. The molecule has 0 aliphatic heterocycles. The largest absolute Gasteiger partial charge is 0.490 e. The van der Waals surface area contributed by atoms with E-state index in [1.165, 1.54) is 44.9 Å². The van der Waals surface area contributed by atoms with Crippen LogP contribution in [0.4, 0.5) is 0 Å². The van der Waals surface area contributed by atoms with Crippen molar-refractivity contribution in [2.24, 2.45) is 0 Å². The molecule has 1 rings (SSSR count). The Kier molecular flexibility index (Phi) is 11.4. The quantitative estimate of drug-likeness (QED) is 0.187. The maximum Gasteiger partial charge on any atom is 0.311 e. The predicted octanol–water partition coefficient (Wildman–Crippen LogP) is 5.72. The molecule has 0 aromatic heterocycles. The van der Waals surface area contributed by atoms with Crippen LogP contribution in [0.1, 0.15) is 88.4 Å². The molecule has 140 valence electrons. The lowest BCUT2D eigenvalue weighted by molar-refractivity contribution is -0.134. The standard InChI is InChI=1S/C21H32O4/c1-3-5-6-7-8-9-10-11-12-13-21(23)25-19-15-14-18(17-22)16-20(19)24-4-2/h14-17H,3-13H2,1-2H3. The molecule has 4 nitrogen and oxygen atoms in total. The highest BCUT2D eigenvalue weighted by atomic mass is 16.6. The number of esters is 1. The molecular formula is C21H32O4. The van der Waals surface area contributed by atoms with E-state index < -0.39 is 0 Å². The maximum atomic E-state index is 12.0. The van der Waals surface area contributed by atoms with Crippen molar-refractivity contribution in [1.29, 1.82) is 0 Å². The highest BCUT2D eigenvalue weighted by molar-refractivity contribution is 5.78. The first kappa shape index (κ1) is 21.2. The highest BCUT2D eigenvalue weighted by Crippen LogP contribution is 2.28. The zero-order chi connectivity index (χ0) is 18.3. The van der Waals surface area contributed by atoms with Crippen molar-refractivity contribution >= 4 is 12.3 Å². The molecule has 0 saturated carbocycles. The Morgan fingerprint density at radius 3 is 2.16 bits per heavy atom. The van der Waals surface area contributed by atoms with Crippen molar-refractivity contribution in [1.82, 2.24) is 0 Å². The molecule has 25 heavy (non-hydrogen) atoms. The molecule has 0 fully saturated rings. The number of hydrogen-bond donors (Lipinski definition) is 0. The van der Waals surface area contributed by atoms with Crippen molar-refractivity contribution in [3.63, 3.8) is 0 Å². The predicted molar refractivity (Wildman–Crippen MR) is 100 cm³/mol. The van der Waals surface area contributed by atoms with Gasteiger partial charge in [0.25, 0.3) is 0 Å². The summed E-state index contributed by atoms with van der Waals surface area (Å²) in [5.74, 6) is 0.573. The van der Waals surface area contributed by atoms with Crippen molar-refractivity contribution in [3.8, 4) is 11.5 Å². The van der Waals surface area contributed by atoms with Gasteiger partial charge in [0.2, 0.25) is 0 Å². The zero-order valence-corrected chi connectivity index (χ0v) is 15.7. The molecule has 0 heterocycles. The van der Waals surface area contributed by atoms with E-state index in [0.29, 0.717) is 30.1 Å². The molecule has 0 saturated heterocycles. The van der Waals surface area contributed by atoms with Gasteiger partial charge in [-0.05, 0) is 31.5 Å². The van der Waals surface area contributed by atoms with Gasteiger partial charge in [-0.1, -0.05) is 58.3 Å². The molecule has 0 unspecified atom stereocenters. The second-order valence-corrected chi connectivity index (χ2v) is 6.31. The number of aldehydes is 1. The van der Waals surface area contributed by atoms with Crippen LogP contribution in [0.25, 0.3) is 0 Å². The minimum Gasteiger partial charge on any atom is -0.490 e. The molecule has 0 N–H and O–H groups in total. The van der Waals surface area contributed by atoms with Gasteiger partial charge in [0.05, 0.1) is 6.61 Å². The Labute approximate surface area is 151 Å². The SMILES string of the molecule is CCCCCCCCCCCC(=O)Oc1ccc(C=O)cc1OCC. The van der Waals surface area contributed by atoms with Crippen molar-refractivity contribution < 1.29 is 19.1 Å². The molecule has 0 bridgehead atoms. The van der Waals surface area contributed by atoms with E-state index in [9.17, 15) is 9.59 Å². The van der Waals surface area contributed by atoms with E-state index in [0.717, 1.165) is 19.1 Å². The molecule has 0 atom stereocenters. The van der Waals surface area contributed by atoms with E-state index in [-0.39, 0.29) is 5.97 Å². The average Bonchev–Trinajstić information content (AvgIpc) is 2.62. The third-order valence-corrected chi connectivity index (χ3v) is 4.11. The van der Waals surface area contributed by atoms with E-state index >= 15 is 0 Å². The van der Waals surface area contributed by atoms with Gasteiger partial charge in [-0.25, -0.2) is 0 Å². The number of ether oxygens (including phenoxy) is 2. The van der Waals surface area contributed by atoms with Gasteiger partial charge in [-0.3, -0.25) is 9.59 Å². The van der Waals surface area contributed by atoms with Gasteiger partial charge in [-0.15, -0.1) is 0 Å². The summed E-state index contributed by atoms with van der Waals surface area (Å²) in [5, 5.41) is 0. The Hall–Kier alpha value is -1.84. The summed E-state index contributed by atoms with van der Waals surface area (Å²) in [6.07, 6.45) is 12.1. The smallest absolute Gasteiger partial charge is 0.311 e. The third kappa shape index (κ3) is 9.28. The lowest BCUT2D eigenvalue weighted by atomic mass is 10.1. The summed E-state index contributed by atoms with van der Waals surface area (Å²) >= 11 is 0. The zero-order valence-electron chi connectivity index (χ0n) is 15.7. The monoisotopic (exact) mass is 348 g/mol. The van der Waals surface area contributed by atoms with Crippen molar-refractivity contribution in [3.05, 3.63) is 23.8 Å². The van der Waals surface area contributed by atoms with Crippen molar-refractivity contribution in [2.45, 2.75) is 78.1 Å². The number of carbonyl (C=O) groups is 2. The van der Waals surface area contributed by atoms with Crippen LogP contribution in [0, 0.1) is 0 Å². The molecule has 1 aromatic carbocycles. The molecular weight excluding hydrogens is 316 g/mol. The van der Waals surface area contributed by atoms with Crippen LogP contribution < -0.4 is 9.47 Å². The van der Waals surface area contributed by atoms with Crippen LogP contribution in [0.3, 0.4) is 0 Å². The topological polar surface area (TPSA) is 52.6 Å². The number of rotatable bonds is 14. The second kappa shape index (κ2) is 13.5. The van der Waals surface area contributed by atoms with Crippen LogP contribution in [-0.4, -0.2) is 18.9 Å². The van der Waals surface area contributed by atoms with Crippen molar-refractivity contribution in [2.75, 3.05) is 6.61 Å². The van der Waals surface area contributed by atoms with Crippen LogP contribution in [0.5, 0.6) is 11.5 Å². The summed E-state index contributed by atoms with van der Waals surface area (Å²) in [6.45, 7) is 4.53. The highest BCUT2D eigenvalue weighted by Gasteiger charge is 2.11. The average molecular weight is 348 g/mol. The molecule has 0 amide bonds. The fraction of sp³-hybridized carbons (Fsp3) is 0.619. The minimum absolute atomic E-state index is 0.247. The molecule has 0 spiro atoms. The molecule has 0 aliphatic carbocycles. The van der Waals surface area contributed by atoms with E-state index in [4.69, 9.17) is 9.47 Å². The Morgan fingerprint density at radius 2 is 1.56 bits per heavy atom. The van der Waals surface area contributed by atoms with E-state index in [1.54, 1.807) is 18.2 Å². The minimum atomic E-state index is -0.247. The summed E-state index contributed by atoms with van der Waals surface area (Å²) in [5.41, 5.74) is 0.502. The first-order valence-electron chi connectivity index (χ1n) is 9.64. The Morgan fingerprint density at radius 1 is 0.920 bits per heavy atom. The van der Waals surface area contributed by atoms with Gasteiger partial charge in [0.1, 0.15) is 6.29 Å². The lowest BCUT2D eigenvalue weighted by Crippen LogP contribution is -2.09. The summed E-state index contributed by atoms with van der Waals surface area (Å²) < 4.78 is 10.8. The van der Waals surface area contributed by atoms with Crippen LogP contribution in [-0.2, 0) is 4.79 Å². The lowest BCUT2D eigenvalue weighted by Gasteiger charge is -2.11. The fourth-order valence-electron chi connectivity index (χ4n) is 2.70. The van der Waals surface area contributed by atoms with Crippen LogP contribution in [0.15, 0.2) is 18.2 Å². The number of benzene rings is 1. The molecule has 0 radical (unpaired) electrons. The Balaban J connectivity index is 2.25. The first-order chi connectivity index (χ1) is 12.2. The van der Waals surface area contributed by atoms with Gasteiger partial charge >= 0.3 is 5.97 Å².